The molecule has 0 fully saturated rings. The number of benzene rings is 2. The maximum atomic E-state index is 12.9. The highest BCUT2D eigenvalue weighted by atomic mass is 79.9. The van der Waals surface area contributed by atoms with Crippen LogP contribution in [-0.2, 0) is 24.9 Å². The second-order valence-electron chi connectivity index (χ2n) is 7.17. The van der Waals surface area contributed by atoms with Crippen LogP contribution in [-0.4, -0.2) is 36.3 Å². The molecule has 3 aromatic rings. The van der Waals surface area contributed by atoms with Crippen LogP contribution < -0.4 is 9.64 Å². The molecule has 0 saturated carbocycles. The maximum Gasteiger partial charge on any atom is 0.340 e. The van der Waals surface area contributed by atoms with E-state index in [9.17, 15) is 9.90 Å². The normalized spacial score (nSPS) is 11.2. The first kappa shape index (κ1) is 21.2. The van der Waals surface area contributed by atoms with Gasteiger partial charge in [0.15, 0.2) is 0 Å². The Kier molecular flexibility index (Phi) is 6.49. The van der Waals surface area contributed by atoms with E-state index >= 15 is 0 Å². The number of nitrogens with zero attached hydrogens (tertiary/aromatic N) is 1. The number of quaternary nitrogens is 1. The van der Waals surface area contributed by atoms with Gasteiger partial charge in [-0.15, -0.1) is 0 Å². The zero-order valence-electron chi connectivity index (χ0n) is 17.1. The molecule has 3 rings (SSSR count). The molecule has 2 aromatic carbocycles. The molecule has 0 amide bonds. The van der Waals surface area contributed by atoms with Crippen molar-refractivity contribution in [3.8, 4) is 11.5 Å². The zero-order chi connectivity index (χ0) is 21.1. The van der Waals surface area contributed by atoms with Crippen molar-refractivity contribution in [2.45, 2.75) is 20.1 Å². The van der Waals surface area contributed by atoms with E-state index in [0.29, 0.717) is 33.2 Å². The number of halogens is 1. The van der Waals surface area contributed by atoms with Crippen molar-refractivity contribution >= 4 is 32.8 Å². The minimum Gasteiger partial charge on any atom is -0.506 e. The van der Waals surface area contributed by atoms with Crippen LogP contribution in [0.15, 0.2) is 40.9 Å². The molecule has 1 aromatic heterocycles. The maximum absolute atomic E-state index is 12.9. The number of para-hydroxylation sites is 1. The summed E-state index contributed by atoms with van der Waals surface area (Å²) in [5.74, 6) is 0.446. The number of ether oxygens (including phenoxy) is 2. The molecule has 0 unspecified atom stereocenters. The second kappa shape index (κ2) is 8.88. The molecule has 0 aliphatic carbocycles. The standard InChI is InChI=1S/C22H25BrN2O4/c1-5-28-22(27)20-18(13-29-14-9-7-6-8-10-14)25(4)17-11-16(23)21(26)15(19(17)20)12-24(2)3/h6-11,26H,5,12-13H2,1-4H3/p+1. The Bertz CT molecular complexity index is 1030. The molecule has 0 radical (unpaired) electrons. The van der Waals surface area contributed by atoms with E-state index in [0.717, 1.165) is 16.2 Å². The number of hydrogen-bond donors (Lipinski definition) is 2. The van der Waals surface area contributed by atoms with Gasteiger partial charge in [0, 0.05) is 12.4 Å². The van der Waals surface area contributed by atoms with Gasteiger partial charge in [0.05, 0.1) is 47.5 Å². The summed E-state index contributed by atoms with van der Waals surface area (Å²) in [5.41, 5.74) is 2.69. The number of aromatic hydroxyl groups is 1. The van der Waals surface area contributed by atoms with E-state index in [2.05, 4.69) is 15.9 Å². The highest BCUT2D eigenvalue weighted by Gasteiger charge is 2.28. The average molecular weight is 462 g/mol. The molecule has 2 N–H and O–H groups in total. The number of hydrogen-bond acceptors (Lipinski definition) is 4. The summed E-state index contributed by atoms with van der Waals surface area (Å²) in [6.45, 7) is 2.81. The smallest absolute Gasteiger partial charge is 0.340 e. The van der Waals surface area contributed by atoms with Gasteiger partial charge in [0.1, 0.15) is 24.7 Å². The molecule has 0 bridgehead atoms. The van der Waals surface area contributed by atoms with Crippen molar-refractivity contribution < 1.29 is 24.3 Å². The molecule has 154 valence electrons. The van der Waals surface area contributed by atoms with Gasteiger partial charge in [0.25, 0.3) is 0 Å². The number of nitrogens with one attached hydrogen (secondary N) is 1. The van der Waals surface area contributed by atoms with Gasteiger partial charge in [-0.25, -0.2) is 4.79 Å². The fourth-order valence-electron chi connectivity index (χ4n) is 3.46. The van der Waals surface area contributed by atoms with E-state index < -0.39 is 5.97 Å². The number of phenols is 1. The van der Waals surface area contributed by atoms with Crippen LogP contribution in [0.3, 0.4) is 0 Å². The van der Waals surface area contributed by atoms with Gasteiger partial charge in [-0.2, -0.15) is 0 Å². The van der Waals surface area contributed by atoms with E-state index in [4.69, 9.17) is 9.47 Å². The van der Waals surface area contributed by atoms with Crippen molar-refractivity contribution in [1.29, 1.82) is 0 Å². The largest absolute Gasteiger partial charge is 0.506 e. The molecule has 0 aliphatic heterocycles. The van der Waals surface area contributed by atoms with Crippen molar-refractivity contribution in [2.24, 2.45) is 7.05 Å². The molecule has 0 saturated heterocycles. The zero-order valence-corrected chi connectivity index (χ0v) is 18.7. The average Bonchev–Trinajstić information content (AvgIpc) is 2.96. The van der Waals surface area contributed by atoms with Crippen LogP contribution in [0.25, 0.3) is 10.9 Å². The summed E-state index contributed by atoms with van der Waals surface area (Å²) in [6, 6.07) is 11.3. The molecule has 0 atom stereocenters. The predicted octanol–water partition coefficient (Wildman–Crippen LogP) is 3.05. The third-order valence-electron chi connectivity index (χ3n) is 4.77. The second-order valence-corrected chi connectivity index (χ2v) is 8.02. The number of carbonyl (C=O) groups is 1. The number of fused-ring (bicyclic) bond motifs is 1. The number of esters is 1. The number of aromatic nitrogens is 1. The van der Waals surface area contributed by atoms with Crippen LogP contribution >= 0.6 is 15.9 Å². The minimum absolute atomic E-state index is 0.144. The third-order valence-corrected chi connectivity index (χ3v) is 5.37. The lowest BCUT2D eigenvalue weighted by molar-refractivity contribution is -0.872. The molecule has 0 spiro atoms. The fourth-order valence-corrected chi connectivity index (χ4v) is 3.92. The number of carbonyl (C=O) groups excluding carboxylic acids is 1. The number of aryl methyl sites for hydroxylation is 1. The van der Waals surface area contributed by atoms with E-state index in [-0.39, 0.29) is 19.0 Å². The first-order valence-corrected chi connectivity index (χ1v) is 10.3. The predicted molar refractivity (Wildman–Crippen MR) is 116 cm³/mol. The highest BCUT2D eigenvalue weighted by Crippen LogP contribution is 2.39. The molecule has 0 aliphatic rings. The van der Waals surface area contributed by atoms with Gasteiger partial charge in [0.2, 0.25) is 0 Å². The molecule has 7 heteroatoms. The number of rotatable bonds is 7. The molecule has 6 nitrogen and oxygen atoms in total. The van der Waals surface area contributed by atoms with Crippen molar-refractivity contribution in [2.75, 3.05) is 20.7 Å². The van der Waals surface area contributed by atoms with Crippen molar-refractivity contribution in [1.82, 2.24) is 4.57 Å². The Morgan fingerprint density at radius 2 is 1.93 bits per heavy atom. The fraction of sp³-hybridized carbons (Fsp3) is 0.318. The monoisotopic (exact) mass is 461 g/mol. The van der Waals surface area contributed by atoms with Crippen LogP contribution in [0.2, 0.25) is 0 Å². The van der Waals surface area contributed by atoms with Gasteiger partial charge >= 0.3 is 5.97 Å². The third kappa shape index (κ3) is 4.26. The number of phenolic OH excluding ortho intramolecular Hbond substituents is 1. The van der Waals surface area contributed by atoms with Gasteiger partial charge < -0.3 is 24.0 Å². The lowest BCUT2D eigenvalue weighted by atomic mass is 10.0. The Morgan fingerprint density at radius 1 is 1.24 bits per heavy atom. The minimum atomic E-state index is -0.415. The first-order chi connectivity index (χ1) is 13.8. The van der Waals surface area contributed by atoms with Gasteiger partial charge in [-0.1, -0.05) is 18.2 Å². The lowest BCUT2D eigenvalue weighted by Crippen LogP contribution is -3.04. The summed E-state index contributed by atoms with van der Waals surface area (Å²) in [5, 5.41) is 11.4. The van der Waals surface area contributed by atoms with E-state index in [1.807, 2.05) is 62.1 Å². The van der Waals surface area contributed by atoms with Gasteiger partial charge in [-0.3, -0.25) is 0 Å². The lowest BCUT2D eigenvalue weighted by Gasteiger charge is -2.13. The summed E-state index contributed by atoms with van der Waals surface area (Å²) >= 11 is 3.45. The van der Waals surface area contributed by atoms with Crippen molar-refractivity contribution in [3.63, 3.8) is 0 Å². The van der Waals surface area contributed by atoms with Gasteiger partial charge in [-0.05, 0) is 41.1 Å². The SMILES string of the molecule is CCOC(=O)c1c(COc2ccccc2)n(C)c2cc(Br)c(O)c(C[NH+](C)C)c12. The van der Waals surface area contributed by atoms with E-state index in [1.54, 1.807) is 6.92 Å². The molecule has 29 heavy (non-hydrogen) atoms. The topological polar surface area (TPSA) is 65.1 Å². The molecule has 1 heterocycles. The summed E-state index contributed by atoms with van der Waals surface area (Å²) in [7, 11) is 5.89. The first-order valence-electron chi connectivity index (χ1n) is 9.50. The van der Waals surface area contributed by atoms with Crippen molar-refractivity contribution in [3.05, 3.63) is 57.7 Å². The molecular formula is C22H26BrN2O4+. The van der Waals surface area contributed by atoms with E-state index in [1.165, 1.54) is 0 Å². The summed E-state index contributed by atoms with van der Waals surface area (Å²) < 4.78 is 13.8. The molecular weight excluding hydrogens is 436 g/mol. The quantitative estimate of drug-likeness (QED) is 0.530. The Hall–Kier alpha value is -2.51. The summed E-state index contributed by atoms with van der Waals surface area (Å²) in [4.78, 5) is 14.1. The van der Waals surface area contributed by atoms with Crippen LogP contribution in [0, 0.1) is 0 Å². The van der Waals surface area contributed by atoms with Crippen LogP contribution in [0.5, 0.6) is 11.5 Å². The van der Waals surface area contributed by atoms with Crippen LogP contribution in [0.1, 0.15) is 28.5 Å². The highest BCUT2D eigenvalue weighted by molar-refractivity contribution is 9.10. The Morgan fingerprint density at radius 3 is 2.55 bits per heavy atom. The Labute approximate surface area is 178 Å². The van der Waals surface area contributed by atoms with Crippen LogP contribution in [0.4, 0.5) is 0 Å². The Balaban J connectivity index is 2.22. The summed E-state index contributed by atoms with van der Waals surface area (Å²) in [6.07, 6.45) is 0.